The molecule has 1 aromatic carbocycles. The maximum atomic E-state index is 13.0. The van der Waals surface area contributed by atoms with Crippen LogP contribution in [0.3, 0.4) is 0 Å². The van der Waals surface area contributed by atoms with Crippen molar-refractivity contribution in [3.63, 3.8) is 0 Å². The lowest BCUT2D eigenvalue weighted by molar-refractivity contribution is -0.126. The number of alkyl halides is 3. The van der Waals surface area contributed by atoms with Gasteiger partial charge in [0.05, 0.1) is 6.54 Å². The van der Waals surface area contributed by atoms with Crippen LogP contribution in [0.15, 0.2) is 67.3 Å². The van der Waals surface area contributed by atoms with Crippen LogP contribution >= 0.6 is 23.2 Å². The van der Waals surface area contributed by atoms with Crippen LogP contribution in [0.4, 0.5) is 13.2 Å². The summed E-state index contributed by atoms with van der Waals surface area (Å²) >= 11 is 12.2. The second-order valence-corrected chi connectivity index (χ2v) is 7.10. The van der Waals surface area contributed by atoms with Crippen molar-refractivity contribution >= 4 is 23.2 Å². The van der Waals surface area contributed by atoms with Crippen LogP contribution in [-0.4, -0.2) is 22.7 Å². The molecule has 8 heteroatoms. The smallest absolute Gasteiger partial charge is 0.301 e. The van der Waals surface area contributed by atoms with Crippen LogP contribution in [0.25, 0.3) is 0 Å². The van der Waals surface area contributed by atoms with Crippen molar-refractivity contribution in [2.75, 3.05) is 6.54 Å². The number of nitrogens with one attached hydrogen (secondary N) is 1. The number of hydrogen-bond donors (Lipinski definition) is 1. The van der Waals surface area contributed by atoms with Crippen LogP contribution in [0, 0.1) is 0 Å². The second-order valence-electron chi connectivity index (χ2n) is 6.23. The fraction of sp³-hybridized carbons (Fsp3) is 0.200. The molecule has 28 heavy (non-hydrogen) atoms. The molecule has 146 valence electrons. The van der Waals surface area contributed by atoms with E-state index in [4.69, 9.17) is 23.2 Å². The predicted molar refractivity (Wildman–Crippen MR) is 104 cm³/mol. The normalized spacial score (nSPS) is 12.9. The molecule has 0 spiro atoms. The molecule has 1 N–H and O–H groups in total. The Bertz CT molecular complexity index is 846. The molecule has 0 aliphatic heterocycles. The largest absolute Gasteiger partial charge is 0.401 e. The summed E-state index contributed by atoms with van der Waals surface area (Å²) in [5, 5.41) is 3.32. The maximum Gasteiger partial charge on any atom is 0.401 e. The third kappa shape index (κ3) is 5.44. The summed E-state index contributed by atoms with van der Waals surface area (Å²) < 4.78 is 39.1. The van der Waals surface area contributed by atoms with E-state index in [-0.39, 0.29) is 0 Å². The number of aromatic nitrogens is 2. The van der Waals surface area contributed by atoms with Crippen LogP contribution in [0.5, 0.6) is 0 Å². The lowest BCUT2D eigenvalue weighted by Gasteiger charge is -2.30. The van der Waals surface area contributed by atoms with Gasteiger partial charge in [0.25, 0.3) is 0 Å². The standard InChI is InChI=1S/C20H16Cl2F3N3/c21-16-7-15(8-17(22)9-16)19(28-12-20(23,24)25)18(13-3-1-5-26-10-13)14-4-2-6-27-11-14/h1-11,18-19,28H,12H2. The predicted octanol–water partition coefficient (Wildman–Crippen LogP) is 5.81. The molecule has 0 aliphatic carbocycles. The zero-order valence-corrected chi connectivity index (χ0v) is 16.0. The molecular formula is C20H16Cl2F3N3. The van der Waals surface area contributed by atoms with Crippen LogP contribution in [-0.2, 0) is 0 Å². The Hall–Kier alpha value is -2.15. The highest BCUT2D eigenvalue weighted by molar-refractivity contribution is 6.34. The van der Waals surface area contributed by atoms with Crippen molar-refractivity contribution in [2.24, 2.45) is 0 Å². The van der Waals surface area contributed by atoms with Crippen molar-refractivity contribution in [1.82, 2.24) is 15.3 Å². The van der Waals surface area contributed by atoms with E-state index in [0.717, 1.165) is 11.1 Å². The van der Waals surface area contributed by atoms with Gasteiger partial charge in [-0.3, -0.25) is 9.97 Å². The molecule has 1 atom stereocenters. The quantitative estimate of drug-likeness (QED) is 0.541. The first-order valence-corrected chi connectivity index (χ1v) is 9.15. The van der Waals surface area contributed by atoms with Gasteiger partial charge in [0.1, 0.15) is 0 Å². The molecule has 0 fully saturated rings. The highest BCUT2D eigenvalue weighted by atomic mass is 35.5. The highest BCUT2D eigenvalue weighted by Gasteiger charge is 2.33. The molecule has 2 aromatic heterocycles. The van der Waals surface area contributed by atoms with Crippen LogP contribution in [0.1, 0.15) is 28.7 Å². The monoisotopic (exact) mass is 425 g/mol. The Morgan fingerprint density at radius 3 is 1.82 bits per heavy atom. The Labute approximate surface area is 170 Å². The van der Waals surface area contributed by atoms with E-state index < -0.39 is 24.7 Å². The molecule has 0 aliphatic rings. The molecule has 3 aromatic rings. The molecule has 0 bridgehead atoms. The Morgan fingerprint density at radius 1 is 0.857 bits per heavy atom. The zero-order chi connectivity index (χ0) is 20.1. The van der Waals surface area contributed by atoms with E-state index in [1.165, 1.54) is 6.07 Å². The minimum absolute atomic E-state index is 0.345. The number of pyridine rings is 2. The average Bonchev–Trinajstić information content (AvgIpc) is 2.65. The minimum Gasteiger partial charge on any atom is -0.301 e. The molecule has 2 heterocycles. The van der Waals surface area contributed by atoms with Gasteiger partial charge in [-0.1, -0.05) is 35.3 Å². The summed E-state index contributed by atoms with van der Waals surface area (Å²) in [5.74, 6) is -0.487. The summed E-state index contributed by atoms with van der Waals surface area (Å²) in [6, 6.07) is 11.1. The van der Waals surface area contributed by atoms with Gasteiger partial charge in [0, 0.05) is 46.8 Å². The van der Waals surface area contributed by atoms with Gasteiger partial charge in [0.15, 0.2) is 0 Å². The highest BCUT2D eigenvalue weighted by Crippen LogP contribution is 2.38. The number of rotatable bonds is 6. The third-order valence-electron chi connectivity index (χ3n) is 4.19. The van der Waals surface area contributed by atoms with E-state index in [1.807, 2.05) is 12.1 Å². The number of benzene rings is 1. The van der Waals surface area contributed by atoms with Gasteiger partial charge in [-0.15, -0.1) is 0 Å². The first-order chi connectivity index (χ1) is 13.3. The van der Waals surface area contributed by atoms with Crippen molar-refractivity contribution in [3.05, 3.63) is 94.0 Å². The van der Waals surface area contributed by atoms with E-state index in [1.54, 1.807) is 49.1 Å². The zero-order valence-electron chi connectivity index (χ0n) is 14.5. The summed E-state index contributed by atoms with van der Waals surface area (Å²) in [5.41, 5.74) is 2.03. The number of nitrogens with zero attached hydrogens (tertiary/aromatic N) is 2. The first-order valence-electron chi connectivity index (χ1n) is 8.39. The molecule has 0 saturated heterocycles. The lowest BCUT2D eigenvalue weighted by Crippen LogP contribution is -2.35. The fourth-order valence-electron chi connectivity index (χ4n) is 3.11. The molecule has 3 nitrogen and oxygen atoms in total. The van der Waals surface area contributed by atoms with Gasteiger partial charge in [-0.25, -0.2) is 0 Å². The molecule has 3 rings (SSSR count). The fourth-order valence-corrected chi connectivity index (χ4v) is 3.65. The Balaban J connectivity index is 2.13. The number of halogens is 5. The molecule has 0 amide bonds. The van der Waals surface area contributed by atoms with Crippen molar-refractivity contribution in [3.8, 4) is 0 Å². The van der Waals surface area contributed by atoms with Gasteiger partial charge in [0.2, 0.25) is 0 Å². The summed E-state index contributed by atoms with van der Waals surface area (Å²) in [4.78, 5) is 8.26. The topological polar surface area (TPSA) is 37.8 Å². The Kier molecular flexibility index (Phi) is 6.54. The maximum absolute atomic E-state index is 13.0. The third-order valence-corrected chi connectivity index (χ3v) is 4.62. The minimum atomic E-state index is -4.38. The van der Waals surface area contributed by atoms with Gasteiger partial charge in [-0.05, 0) is 47.0 Å². The molecule has 0 saturated carbocycles. The van der Waals surface area contributed by atoms with Crippen LogP contribution in [0.2, 0.25) is 10.0 Å². The first kappa shape index (κ1) is 20.6. The lowest BCUT2D eigenvalue weighted by atomic mass is 9.83. The van der Waals surface area contributed by atoms with Gasteiger partial charge < -0.3 is 5.32 Å². The van der Waals surface area contributed by atoms with Crippen LogP contribution < -0.4 is 5.32 Å². The van der Waals surface area contributed by atoms with E-state index in [0.29, 0.717) is 15.6 Å². The van der Waals surface area contributed by atoms with Gasteiger partial charge >= 0.3 is 6.18 Å². The van der Waals surface area contributed by atoms with E-state index in [2.05, 4.69) is 15.3 Å². The summed E-state index contributed by atoms with van der Waals surface area (Å²) in [6.07, 6.45) is 2.10. The molecular weight excluding hydrogens is 410 g/mol. The summed E-state index contributed by atoms with van der Waals surface area (Å²) in [7, 11) is 0. The van der Waals surface area contributed by atoms with Crippen molar-refractivity contribution in [1.29, 1.82) is 0 Å². The molecule has 0 radical (unpaired) electrons. The summed E-state index contributed by atoms with van der Waals surface area (Å²) in [6.45, 7) is -1.17. The van der Waals surface area contributed by atoms with Gasteiger partial charge in [-0.2, -0.15) is 13.2 Å². The van der Waals surface area contributed by atoms with E-state index in [9.17, 15) is 13.2 Å². The average molecular weight is 426 g/mol. The van der Waals surface area contributed by atoms with Crippen molar-refractivity contribution < 1.29 is 13.2 Å². The molecule has 1 unspecified atom stereocenters. The number of hydrogen-bond acceptors (Lipinski definition) is 3. The second kappa shape index (κ2) is 8.90. The van der Waals surface area contributed by atoms with E-state index >= 15 is 0 Å². The Morgan fingerprint density at radius 2 is 1.39 bits per heavy atom. The SMILES string of the molecule is FC(F)(F)CNC(c1cc(Cl)cc(Cl)c1)C(c1cccnc1)c1cccnc1. The van der Waals surface area contributed by atoms with Crippen molar-refractivity contribution in [2.45, 2.75) is 18.1 Å².